The Labute approximate surface area is 129 Å². The van der Waals surface area contributed by atoms with E-state index >= 15 is 0 Å². The lowest BCUT2D eigenvalue weighted by Crippen LogP contribution is -2.44. The van der Waals surface area contributed by atoms with Crippen molar-refractivity contribution in [3.05, 3.63) is 24.3 Å². The van der Waals surface area contributed by atoms with Crippen LogP contribution in [-0.4, -0.2) is 43.3 Å². The molecular weight excluding hydrogens is 280 g/mol. The fourth-order valence-electron chi connectivity index (χ4n) is 2.70. The van der Waals surface area contributed by atoms with Gasteiger partial charge in [-0.2, -0.15) is 9.97 Å². The molecule has 5 N–H and O–H groups in total. The zero-order valence-electron chi connectivity index (χ0n) is 12.5. The zero-order valence-corrected chi connectivity index (χ0v) is 12.5. The SMILES string of the molecule is COc1ccccc1-c1c(N)nc(N)nc1N1CCNCC1. The summed E-state index contributed by atoms with van der Waals surface area (Å²) in [5.74, 6) is 2.05. The molecule has 7 nitrogen and oxygen atoms in total. The molecule has 1 aromatic heterocycles. The van der Waals surface area contributed by atoms with E-state index in [4.69, 9.17) is 16.2 Å². The van der Waals surface area contributed by atoms with Crippen LogP contribution in [0, 0.1) is 0 Å². The van der Waals surface area contributed by atoms with E-state index in [0.717, 1.165) is 48.9 Å². The van der Waals surface area contributed by atoms with Gasteiger partial charge in [0.05, 0.1) is 12.7 Å². The molecule has 1 aliphatic rings. The third-order valence-electron chi connectivity index (χ3n) is 3.73. The molecule has 7 heteroatoms. The standard InChI is InChI=1S/C15H20N6O/c1-22-11-5-3-2-4-10(11)12-13(16)19-15(17)20-14(12)21-8-6-18-7-9-21/h2-5,18H,6-9H2,1H3,(H4,16,17,19,20). The van der Waals surface area contributed by atoms with Gasteiger partial charge in [-0.3, -0.25) is 0 Å². The van der Waals surface area contributed by atoms with Gasteiger partial charge in [0.25, 0.3) is 0 Å². The summed E-state index contributed by atoms with van der Waals surface area (Å²) in [5.41, 5.74) is 13.6. The van der Waals surface area contributed by atoms with Gasteiger partial charge in [0.15, 0.2) is 0 Å². The number of anilines is 3. The Bertz CT molecular complexity index is 669. The van der Waals surface area contributed by atoms with Crippen LogP contribution in [0.2, 0.25) is 0 Å². The molecule has 0 bridgehead atoms. The number of methoxy groups -OCH3 is 1. The Kier molecular flexibility index (Phi) is 3.97. The van der Waals surface area contributed by atoms with E-state index in [9.17, 15) is 0 Å². The number of ether oxygens (including phenoxy) is 1. The number of nitrogens with zero attached hydrogens (tertiary/aromatic N) is 3. The Morgan fingerprint density at radius 2 is 1.86 bits per heavy atom. The summed E-state index contributed by atoms with van der Waals surface area (Å²) >= 11 is 0. The van der Waals surface area contributed by atoms with Crippen molar-refractivity contribution in [1.82, 2.24) is 15.3 Å². The average Bonchev–Trinajstić information content (AvgIpc) is 2.55. The van der Waals surface area contributed by atoms with Gasteiger partial charge in [0.1, 0.15) is 17.4 Å². The molecule has 0 unspecified atom stereocenters. The maximum absolute atomic E-state index is 6.16. The van der Waals surface area contributed by atoms with Crippen LogP contribution in [0.4, 0.5) is 17.6 Å². The molecule has 2 aromatic rings. The van der Waals surface area contributed by atoms with Crippen LogP contribution in [-0.2, 0) is 0 Å². The maximum Gasteiger partial charge on any atom is 0.223 e. The number of hydrogen-bond donors (Lipinski definition) is 3. The van der Waals surface area contributed by atoms with E-state index in [1.54, 1.807) is 7.11 Å². The molecular formula is C15H20N6O. The van der Waals surface area contributed by atoms with E-state index in [0.29, 0.717) is 5.82 Å². The van der Waals surface area contributed by atoms with E-state index in [1.807, 2.05) is 24.3 Å². The van der Waals surface area contributed by atoms with Crippen LogP contribution in [0.3, 0.4) is 0 Å². The van der Waals surface area contributed by atoms with Crippen molar-refractivity contribution >= 4 is 17.6 Å². The number of rotatable bonds is 3. The van der Waals surface area contributed by atoms with Crippen molar-refractivity contribution in [2.75, 3.05) is 49.7 Å². The number of nitrogen functional groups attached to an aromatic ring is 2. The zero-order chi connectivity index (χ0) is 15.5. The number of aromatic nitrogens is 2. The number of benzene rings is 1. The molecule has 0 saturated carbocycles. The number of para-hydroxylation sites is 1. The highest BCUT2D eigenvalue weighted by molar-refractivity contribution is 5.88. The van der Waals surface area contributed by atoms with E-state index in [-0.39, 0.29) is 5.95 Å². The van der Waals surface area contributed by atoms with E-state index < -0.39 is 0 Å². The summed E-state index contributed by atoms with van der Waals surface area (Å²) < 4.78 is 5.45. The van der Waals surface area contributed by atoms with Crippen LogP contribution >= 0.6 is 0 Å². The second-order valence-corrected chi connectivity index (χ2v) is 5.10. The first kappa shape index (κ1) is 14.4. The van der Waals surface area contributed by atoms with Gasteiger partial charge in [-0.25, -0.2) is 0 Å². The van der Waals surface area contributed by atoms with E-state index in [1.165, 1.54) is 0 Å². The fourth-order valence-corrected chi connectivity index (χ4v) is 2.70. The number of nitrogens with two attached hydrogens (primary N) is 2. The summed E-state index contributed by atoms with van der Waals surface area (Å²) in [7, 11) is 1.64. The third kappa shape index (κ3) is 2.62. The number of nitrogens with one attached hydrogen (secondary N) is 1. The van der Waals surface area contributed by atoms with Gasteiger partial charge in [0.2, 0.25) is 5.95 Å². The molecule has 22 heavy (non-hydrogen) atoms. The quantitative estimate of drug-likeness (QED) is 0.767. The third-order valence-corrected chi connectivity index (χ3v) is 3.73. The Hall–Kier alpha value is -2.54. The second-order valence-electron chi connectivity index (χ2n) is 5.10. The first-order valence-corrected chi connectivity index (χ1v) is 7.22. The predicted octanol–water partition coefficient (Wildman–Crippen LogP) is 0.726. The second kappa shape index (κ2) is 6.07. The van der Waals surface area contributed by atoms with Gasteiger partial charge in [-0.1, -0.05) is 18.2 Å². The smallest absolute Gasteiger partial charge is 0.223 e. The normalized spacial score (nSPS) is 14.9. The Morgan fingerprint density at radius 1 is 1.14 bits per heavy atom. The molecule has 0 atom stereocenters. The fraction of sp³-hybridized carbons (Fsp3) is 0.333. The summed E-state index contributed by atoms with van der Waals surface area (Å²) in [4.78, 5) is 10.7. The summed E-state index contributed by atoms with van der Waals surface area (Å²) in [6.45, 7) is 3.49. The topological polar surface area (TPSA) is 102 Å². The predicted molar refractivity (Wildman–Crippen MR) is 87.9 cm³/mol. The average molecular weight is 300 g/mol. The van der Waals surface area contributed by atoms with Crippen molar-refractivity contribution in [3.63, 3.8) is 0 Å². The summed E-state index contributed by atoms with van der Waals surface area (Å²) in [5, 5.41) is 3.32. The van der Waals surface area contributed by atoms with Gasteiger partial charge in [-0.05, 0) is 6.07 Å². The maximum atomic E-state index is 6.16. The van der Waals surface area contributed by atoms with Gasteiger partial charge >= 0.3 is 0 Å². The Balaban J connectivity index is 2.17. The van der Waals surface area contributed by atoms with Gasteiger partial charge in [-0.15, -0.1) is 0 Å². The van der Waals surface area contributed by atoms with Crippen molar-refractivity contribution < 1.29 is 4.74 Å². The Morgan fingerprint density at radius 3 is 2.59 bits per heavy atom. The van der Waals surface area contributed by atoms with Crippen molar-refractivity contribution in [1.29, 1.82) is 0 Å². The summed E-state index contributed by atoms with van der Waals surface area (Å²) in [6.07, 6.45) is 0. The minimum absolute atomic E-state index is 0.185. The minimum Gasteiger partial charge on any atom is -0.496 e. The van der Waals surface area contributed by atoms with Gasteiger partial charge in [0, 0.05) is 31.7 Å². The van der Waals surface area contributed by atoms with E-state index in [2.05, 4.69) is 20.2 Å². The highest BCUT2D eigenvalue weighted by Crippen LogP contribution is 2.39. The largest absolute Gasteiger partial charge is 0.496 e. The minimum atomic E-state index is 0.185. The molecule has 116 valence electrons. The lowest BCUT2D eigenvalue weighted by Gasteiger charge is -2.30. The molecule has 2 heterocycles. The van der Waals surface area contributed by atoms with Crippen LogP contribution in [0.1, 0.15) is 0 Å². The highest BCUT2D eigenvalue weighted by Gasteiger charge is 2.22. The van der Waals surface area contributed by atoms with Crippen molar-refractivity contribution in [2.45, 2.75) is 0 Å². The van der Waals surface area contributed by atoms with Crippen LogP contribution in [0.15, 0.2) is 24.3 Å². The molecule has 1 fully saturated rings. The molecule has 1 aliphatic heterocycles. The first-order chi connectivity index (χ1) is 10.7. The van der Waals surface area contributed by atoms with Crippen LogP contribution in [0.25, 0.3) is 11.1 Å². The number of piperazine rings is 1. The van der Waals surface area contributed by atoms with Crippen LogP contribution < -0.4 is 26.4 Å². The monoisotopic (exact) mass is 300 g/mol. The molecule has 1 aromatic carbocycles. The lowest BCUT2D eigenvalue weighted by molar-refractivity contribution is 0.416. The molecule has 3 rings (SSSR count). The first-order valence-electron chi connectivity index (χ1n) is 7.22. The highest BCUT2D eigenvalue weighted by atomic mass is 16.5. The van der Waals surface area contributed by atoms with Crippen molar-refractivity contribution in [3.8, 4) is 16.9 Å². The lowest BCUT2D eigenvalue weighted by atomic mass is 10.0. The molecule has 1 saturated heterocycles. The molecule has 0 spiro atoms. The van der Waals surface area contributed by atoms with Gasteiger partial charge < -0.3 is 26.4 Å². The summed E-state index contributed by atoms with van der Waals surface area (Å²) in [6, 6.07) is 7.71. The van der Waals surface area contributed by atoms with Crippen molar-refractivity contribution in [2.24, 2.45) is 0 Å². The molecule has 0 radical (unpaired) electrons. The molecule has 0 aliphatic carbocycles. The van der Waals surface area contributed by atoms with Crippen LogP contribution in [0.5, 0.6) is 5.75 Å². The molecule has 0 amide bonds. The number of hydrogen-bond acceptors (Lipinski definition) is 7.